The van der Waals surface area contributed by atoms with E-state index in [1.165, 1.54) is 17.8 Å². The third-order valence-corrected chi connectivity index (χ3v) is 5.03. The van der Waals surface area contributed by atoms with Gasteiger partial charge in [0.05, 0.1) is 12.1 Å². The van der Waals surface area contributed by atoms with Crippen molar-refractivity contribution in [1.29, 1.82) is 5.26 Å². The smallest absolute Gasteiger partial charge is 0.174 e. The van der Waals surface area contributed by atoms with E-state index in [9.17, 15) is 10.1 Å². The van der Waals surface area contributed by atoms with Gasteiger partial charge in [-0.2, -0.15) is 5.26 Å². The molecule has 0 unspecified atom stereocenters. The van der Waals surface area contributed by atoms with Crippen LogP contribution in [0, 0.1) is 24.2 Å². The van der Waals surface area contributed by atoms with Gasteiger partial charge in [0, 0.05) is 11.1 Å². The van der Waals surface area contributed by atoms with Crippen LogP contribution in [-0.4, -0.2) is 34.8 Å². The number of carbonyl (C=O) groups is 1. The number of ketones is 1. The Bertz CT molecular complexity index is 526. The third kappa shape index (κ3) is 3.69. The van der Waals surface area contributed by atoms with E-state index >= 15 is 0 Å². The number of rotatable bonds is 5. The Morgan fingerprint density at radius 2 is 2.05 bits per heavy atom. The SMILES string of the molecule is Cc1csc([C@H](C#N)C(=O)[C@H](C(C)C)N2CCCCC2)n1. The summed E-state index contributed by atoms with van der Waals surface area (Å²) in [5, 5.41) is 12.0. The first kappa shape index (κ1) is 16.1. The zero-order valence-electron chi connectivity index (χ0n) is 13.0. The van der Waals surface area contributed by atoms with Crippen LogP contribution in [0.2, 0.25) is 0 Å². The van der Waals surface area contributed by atoms with Crippen molar-refractivity contribution in [1.82, 2.24) is 9.88 Å². The molecule has 5 heteroatoms. The van der Waals surface area contributed by atoms with Crippen LogP contribution < -0.4 is 0 Å². The molecule has 2 rings (SSSR count). The minimum atomic E-state index is -0.724. The second-order valence-corrected chi connectivity index (χ2v) is 6.97. The van der Waals surface area contributed by atoms with Gasteiger partial charge in [0.15, 0.2) is 11.7 Å². The van der Waals surface area contributed by atoms with Crippen molar-refractivity contribution in [2.45, 2.75) is 52.0 Å². The van der Waals surface area contributed by atoms with E-state index in [1.807, 2.05) is 12.3 Å². The van der Waals surface area contributed by atoms with Crippen LogP contribution in [0.4, 0.5) is 0 Å². The van der Waals surface area contributed by atoms with Gasteiger partial charge >= 0.3 is 0 Å². The monoisotopic (exact) mass is 305 g/mol. The molecule has 0 radical (unpaired) electrons. The summed E-state index contributed by atoms with van der Waals surface area (Å²) in [5.41, 5.74) is 0.877. The Morgan fingerprint density at radius 3 is 2.52 bits per heavy atom. The van der Waals surface area contributed by atoms with Gasteiger partial charge in [-0.05, 0) is 38.8 Å². The molecule has 0 spiro atoms. The van der Waals surface area contributed by atoms with Gasteiger partial charge < -0.3 is 0 Å². The van der Waals surface area contributed by atoms with Crippen molar-refractivity contribution in [3.63, 3.8) is 0 Å². The van der Waals surface area contributed by atoms with Crippen molar-refractivity contribution in [3.8, 4) is 6.07 Å². The van der Waals surface area contributed by atoms with Crippen LogP contribution in [0.5, 0.6) is 0 Å². The van der Waals surface area contributed by atoms with Crippen LogP contribution in [0.3, 0.4) is 0 Å². The normalized spacial score (nSPS) is 19.2. The first-order valence-corrected chi connectivity index (χ1v) is 8.52. The standard InChI is InChI=1S/C16H23N3OS/c1-11(2)14(19-7-5-4-6-8-19)15(20)13(9-17)16-18-12(3)10-21-16/h10-11,13-14H,4-8H2,1-3H3/t13-,14+/m1/s1. The summed E-state index contributed by atoms with van der Waals surface area (Å²) in [6.45, 7) is 7.95. The van der Waals surface area contributed by atoms with Crippen molar-refractivity contribution in [3.05, 3.63) is 16.1 Å². The number of nitrogens with zero attached hydrogens (tertiary/aromatic N) is 3. The highest BCUT2D eigenvalue weighted by Gasteiger charge is 2.36. The molecule has 2 heterocycles. The van der Waals surface area contributed by atoms with E-state index in [2.05, 4.69) is 29.8 Å². The van der Waals surface area contributed by atoms with E-state index in [-0.39, 0.29) is 17.7 Å². The molecule has 1 aliphatic heterocycles. The topological polar surface area (TPSA) is 57.0 Å². The quantitative estimate of drug-likeness (QED) is 0.838. The van der Waals surface area contributed by atoms with Crippen LogP contribution in [0.25, 0.3) is 0 Å². The summed E-state index contributed by atoms with van der Waals surface area (Å²) in [4.78, 5) is 19.5. The molecule has 1 aliphatic rings. The maximum Gasteiger partial charge on any atom is 0.174 e. The predicted molar refractivity (Wildman–Crippen MR) is 84.3 cm³/mol. The molecule has 1 aromatic rings. The van der Waals surface area contributed by atoms with E-state index in [0.29, 0.717) is 5.01 Å². The van der Waals surface area contributed by atoms with Gasteiger partial charge in [-0.1, -0.05) is 20.3 Å². The lowest BCUT2D eigenvalue weighted by molar-refractivity contribution is -0.126. The molecule has 4 nitrogen and oxygen atoms in total. The van der Waals surface area contributed by atoms with E-state index in [1.54, 1.807) is 0 Å². The second kappa shape index (κ2) is 7.15. The maximum absolute atomic E-state index is 12.9. The average Bonchev–Trinajstić information content (AvgIpc) is 2.87. The lowest BCUT2D eigenvalue weighted by Gasteiger charge is -2.36. The molecule has 1 fully saturated rings. The Balaban J connectivity index is 2.22. The Hall–Kier alpha value is -1.25. The third-order valence-electron chi connectivity index (χ3n) is 4.00. The fourth-order valence-electron chi connectivity index (χ4n) is 3.04. The van der Waals surface area contributed by atoms with E-state index in [0.717, 1.165) is 31.6 Å². The molecule has 114 valence electrons. The van der Waals surface area contributed by atoms with E-state index in [4.69, 9.17) is 0 Å². The van der Waals surface area contributed by atoms with Gasteiger partial charge in [-0.3, -0.25) is 9.69 Å². The van der Waals surface area contributed by atoms with Crippen molar-refractivity contribution < 1.29 is 4.79 Å². The van der Waals surface area contributed by atoms with Crippen LogP contribution >= 0.6 is 11.3 Å². The fourth-order valence-corrected chi connectivity index (χ4v) is 3.89. The highest BCUT2D eigenvalue weighted by atomic mass is 32.1. The molecule has 0 N–H and O–H groups in total. The molecule has 21 heavy (non-hydrogen) atoms. The molecule has 2 atom stereocenters. The van der Waals surface area contributed by atoms with Crippen LogP contribution in [0.15, 0.2) is 5.38 Å². The van der Waals surface area contributed by atoms with Crippen molar-refractivity contribution in [2.24, 2.45) is 5.92 Å². The molecule has 0 aliphatic carbocycles. The fraction of sp³-hybridized carbons (Fsp3) is 0.688. The number of hydrogen-bond acceptors (Lipinski definition) is 5. The summed E-state index contributed by atoms with van der Waals surface area (Å²) in [5.74, 6) is -0.491. The zero-order chi connectivity index (χ0) is 15.4. The number of aromatic nitrogens is 1. The predicted octanol–water partition coefficient (Wildman–Crippen LogP) is 3.14. The first-order chi connectivity index (χ1) is 10.0. The number of piperidine rings is 1. The average molecular weight is 305 g/mol. The summed E-state index contributed by atoms with van der Waals surface area (Å²) < 4.78 is 0. The van der Waals surface area contributed by atoms with Crippen LogP contribution in [-0.2, 0) is 4.79 Å². The van der Waals surface area contributed by atoms with Gasteiger partial charge in [0.1, 0.15) is 5.01 Å². The molecule has 0 bridgehead atoms. The van der Waals surface area contributed by atoms with Gasteiger partial charge in [0.2, 0.25) is 0 Å². The van der Waals surface area contributed by atoms with Crippen molar-refractivity contribution >= 4 is 17.1 Å². The molecule has 0 saturated carbocycles. The largest absolute Gasteiger partial charge is 0.296 e. The number of thiazole rings is 1. The number of carbonyl (C=O) groups excluding carboxylic acids is 1. The van der Waals surface area contributed by atoms with E-state index < -0.39 is 5.92 Å². The minimum Gasteiger partial charge on any atom is -0.296 e. The minimum absolute atomic E-state index is 0.0174. The lowest BCUT2D eigenvalue weighted by atomic mass is 9.89. The van der Waals surface area contributed by atoms with Crippen LogP contribution in [0.1, 0.15) is 49.7 Å². The number of hydrogen-bond donors (Lipinski definition) is 0. The zero-order valence-corrected chi connectivity index (χ0v) is 13.8. The molecular weight excluding hydrogens is 282 g/mol. The molecule has 0 aromatic carbocycles. The molecule has 1 aromatic heterocycles. The number of nitriles is 1. The maximum atomic E-state index is 12.9. The Labute approximate surface area is 130 Å². The summed E-state index contributed by atoms with van der Waals surface area (Å²) in [6, 6.07) is 2.01. The Kier molecular flexibility index (Phi) is 5.49. The summed E-state index contributed by atoms with van der Waals surface area (Å²) >= 11 is 1.41. The van der Waals surface area contributed by atoms with Gasteiger partial charge in [-0.15, -0.1) is 11.3 Å². The highest BCUT2D eigenvalue weighted by molar-refractivity contribution is 7.09. The highest BCUT2D eigenvalue weighted by Crippen LogP contribution is 2.27. The number of likely N-dealkylation sites (tertiary alicyclic amines) is 1. The molecule has 0 amide bonds. The van der Waals surface area contributed by atoms with Gasteiger partial charge in [-0.25, -0.2) is 4.98 Å². The van der Waals surface area contributed by atoms with Crippen molar-refractivity contribution in [2.75, 3.05) is 13.1 Å². The first-order valence-electron chi connectivity index (χ1n) is 7.64. The summed E-state index contributed by atoms with van der Waals surface area (Å²) in [6.07, 6.45) is 3.52. The Morgan fingerprint density at radius 1 is 1.38 bits per heavy atom. The summed E-state index contributed by atoms with van der Waals surface area (Å²) in [7, 11) is 0. The number of Topliss-reactive ketones (excluding diaryl/α,β-unsaturated/α-hetero) is 1. The van der Waals surface area contributed by atoms with Gasteiger partial charge in [0.25, 0.3) is 0 Å². The second-order valence-electron chi connectivity index (χ2n) is 6.08. The molecule has 1 saturated heterocycles. The lowest BCUT2D eigenvalue weighted by Crippen LogP contribution is -2.48. The number of aryl methyl sites for hydroxylation is 1. The molecular formula is C16H23N3OS.